The van der Waals surface area contributed by atoms with Gasteiger partial charge in [0.15, 0.2) is 0 Å². The molecule has 0 amide bonds. The molecule has 1 aliphatic heterocycles. The van der Waals surface area contributed by atoms with Crippen LogP contribution in [0, 0.1) is 13.8 Å². The van der Waals surface area contributed by atoms with Crippen molar-refractivity contribution < 1.29 is 0 Å². The second kappa shape index (κ2) is 6.68. The predicted molar refractivity (Wildman–Crippen MR) is 106 cm³/mol. The minimum atomic E-state index is 0.484. The maximum absolute atomic E-state index is 3.68. The highest BCUT2D eigenvalue weighted by Gasteiger charge is 2.30. The topological polar surface area (TPSA) is 19.0 Å². The van der Waals surface area contributed by atoms with E-state index in [0.29, 0.717) is 12.1 Å². The average Bonchev–Trinajstić information content (AvgIpc) is 3.04. The number of nitrogens with zero attached hydrogens (tertiary/aromatic N) is 1. The lowest BCUT2D eigenvalue weighted by Crippen LogP contribution is -2.39. The van der Waals surface area contributed by atoms with E-state index in [1.54, 1.807) is 0 Å². The summed E-state index contributed by atoms with van der Waals surface area (Å²) in [5.41, 5.74) is 6.82. The smallest absolute Gasteiger partial charge is 0.0505 e. The van der Waals surface area contributed by atoms with Gasteiger partial charge in [0.25, 0.3) is 0 Å². The lowest BCUT2D eigenvalue weighted by molar-refractivity contribution is 0.0822. The number of hydrogen-bond acceptors (Lipinski definition) is 1. The molecule has 2 heteroatoms. The van der Waals surface area contributed by atoms with E-state index >= 15 is 0 Å². The first-order valence-corrected chi connectivity index (χ1v) is 9.51. The van der Waals surface area contributed by atoms with Gasteiger partial charge in [0.2, 0.25) is 0 Å². The number of piperidine rings is 1. The molecule has 130 valence electrons. The first kappa shape index (κ1) is 16.4. The SMILES string of the molecule is Cc1ccc(CN2C(C)CCCC2c2cc3ccccc3[nH]2)cc1C. The zero-order valence-corrected chi connectivity index (χ0v) is 15.5. The van der Waals surface area contributed by atoms with Crippen molar-refractivity contribution in [1.82, 2.24) is 9.88 Å². The summed E-state index contributed by atoms with van der Waals surface area (Å²) < 4.78 is 0. The van der Waals surface area contributed by atoms with Crippen LogP contribution < -0.4 is 0 Å². The maximum atomic E-state index is 3.68. The Hall–Kier alpha value is -2.06. The molecule has 0 radical (unpaired) electrons. The third-order valence-corrected chi connectivity index (χ3v) is 5.91. The average molecular weight is 332 g/mol. The van der Waals surface area contributed by atoms with Crippen LogP contribution in [0.2, 0.25) is 0 Å². The van der Waals surface area contributed by atoms with Crippen molar-refractivity contribution in [2.75, 3.05) is 0 Å². The van der Waals surface area contributed by atoms with E-state index in [9.17, 15) is 0 Å². The number of aromatic nitrogens is 1. The molecule has 2 atom stereocenters. The molecule has 1 N–H and O–H groups in total. The molecule has 2 heterocycles. The minimum absolute atomic E-state index is 0.484. The number of fused-ring (bicyclic) bond motifs is 1. The van der Waals surface area contributed by atoms with Gasteiger partial charge in [-0.05, 0) is 74.2 Å². The van der Waals surface area contributed by atoms with Crippen LogP contribution in [-0.2, 0) is 6.54 Å². The Morgan fingerprint density at radius 1 is 1.00 bits per heavy atom. The zero-order valence-electron chi connectivity index (χ0n) is 15.5. The summed E-state index contributed by atoms with van der Waals surface area (Å²) in [6, 6.07) is 19.0. The number of aromatic amines is 1. The lowest BCUT2D eigenvalue weighted by atomic mass is 9.93. The van der Waals surface area contributed by atoms with E-state index in [0.717, 1.165) is 6.54 Å². The third kappa shape index (κ3) is 3.23. The number of nitrogens with one attached hydrogen (secondary N) is 1. The van der Waals surface area contributed by atoms with Gasteiger partial charge in [-0.3, -0.25) is 4.90 Å². The maximum Gasteiger partial charge on any atom is 0.0505 e. The van der Waals surface area contributed by atoms with Crippen LogP contribution in [0.4, 0.5) is 0 Å². The largest absolute Gasteiger partial charge is 0.357 e. The van der Waals surface area contributed by atoms with Crippen molar-refractivity contribution in [1.29, 1.82) is 0 Å². The van der Waals surface area contributed by atoms with Gasteiger partial charge in [-0.2, -0.15) is 0 Å². The van der Waals surface area contributed by atoms with Crippen LogP contribution in [0.5, 0.6) is 0 Å². The summed E-state index contributed by atoms with van der Waals surface area (Å²) >= 11 is 0. The van der Waals surface area contributed by atoms with Crippen LogP contribution >= 0.6 is 0 Å². The molecule has 1 fully saturated rings. The number of likely N-dealkylation sites (tertiary alicyclic amines) is 1. The minimum Gasteiger partial charge on any atom is -0.357 e. The lowest BCUT2D eigenvalue weighted by Gasteiger charge is -2.40. The Balaban J connectivity index is 1.65. The standard InChI is InChI=1S/C23H28N2/c1-16-11-12-19(13-17(16)2)15-25-18(3)7-6-10-23(25)22-14-20-8-4-5-9-21(20)24-22/h4-5,8-9,11-14,18,23-24H,6-7,10,15H2,1-3H3. The molecule has 0 spiro atoms. The summed E-state index contributed by atoms with van der Waals surface area (Å²) in [5.74, 6) is 0. The molecule has 0 aliphatic carbocycles. The van der Waals surface area contributed by atoms with Crippen molar-refractivity contribution in [3.63, 3.8) is 0 Å². The fourth-order valence-corrected chi connectivity index (χ4v) is 4.23. The number of para-hydroxylation sites is 1. The Labute approximate surface area is 150 Å². The summed E-state index contributed by atoms with van der Waals surface area (Å²) in [4.78, 5) is 6.37. The van der Waals surface area contributed by atoms with Crippen LogP contribution in [0.1, 0.15) is 54.6 Å². The van der Waals surface area contributed by atoms with Crippen LogP contribution in [0.3, 0.4) is 0 Å². The fourth-order valence-electron chi connectivity index (χ4n) is 4.23. The van der Waals surface area contributed by atoms with Gasteiger partial charge in [0.1, 0.15) is 0 Å². The number of hydrogen-bond donors (Lipinski definition) is 1. The summed E-state index contributed by atoms with van der Waals surface area (Å²) in [6.07, 6.45) is 3.84. The third-order valence-electron chi connectivity index (χ3n) is 5.91. The Morgan fingerprint density at radius 2 is 1.84 bits per heavy atom. The molecule has 0 bridgehead atoms. The van der Waals surface area contributed by atoms with Crippen molar-refractivity contribution in [3.05, 3.63) is 70.9 Å². The molecule has 0 saturated carbocycles. The Bertz CT molecular complexity index is 844. The monoisotopic (exact) mass is 332 g/mol. The highest BCUT2D eigenvalue weighted by molar-refractivity contribution is 5.80. The van der Waals surface area contributed by atoms with Gasteiger partial charge < -0.3 is 4.98 Å². The normalized spacial score (nSPS) is 21.7. The Kier molecular flexibility index (Phi) is 4.39. The van der Waals surface area contributed by atoms with Crippen molar-refractivity contribution in [2.24, 2.45) is 0 Å². The summed E-state index contributed by atoms with van der Waals surface area (Å²) in [5, 5.41) is 1.32. The molecule has 2 aromatic carbocycles. The van der Waals surface area contributed by atoms with E-state index in [1.165, 1.54) is 52.5 Å². The van der Waals surface area contributed by atoms with Crippen molar-refractivity contribution in [2.45, 2.75) is 58.7 Å². The van der Waals surface area contributed by atoms with Gasteiger partial charge >= 0.3 is 0 Å². The summed E-state index contributed by atoms with van der Waals surface area (Å²) in [7, 11) is 0. The molecular weight excluding hydrogens is 304 g/mol. The van der Waals surface area contributed by atoms with Crippen LogP contribution in [-0.4, -0.2) is 15.9 Å². The molecule has 1 aromatic heterocycles. The molecule has 25 heavy (non-hydrogen) atoms. The number of H-pyrrole nitrogens is 1. The van der Waals surface area contributed by atoms with Crippen molar-refractivity contribution in [3.8, 4) is 0 Å². The molecular formula is C23H28N2. The fraction of sp³-hybridized carbons (Fsp3) is 0.391. The van der Waals surface area contributed by atoms with Gasteiger partial charge in [0.05, 0.1) is 6.04 Å². The van der Waals surface area contributed by atoms with Gasteiger partial charge in [0, 0.05) is 23.8 Å². The number of rotatable bonds is 3. The summed E-state index contributed by atoms with van der Waals surface area (Å²) in [6.45, 7) is 7.82. The first-order valence-electron chi connectivity index (χ1n) is 9.51. The molecule has 2 unspecified atom stereocenters. The molecule has 1 saturated heterocycles. The van der Waals surface area contributed by atoms with Gasteiger partial charge in [-0.25, -0.2) is 0 Å². The highest BCUT2D eigenvalue weighted by atomic mass is 15.2. The van der Waals surface area contributed by atoms with E-state index in [2.05, 4.69) is 79.2 Å². The van der Waals surface area contributed by atoms with E-state index in [1.807, 2.05) is 0 Å². The molecule has 1 aliphatic rings. The van der Waals surface area contributed by atoms with Crippen LogP contribution in [0.25, 0.3) is 10.9 Å². The number of benzene rings is 2. The quantitative estimate of drug-likeness (QED) is 0.632. The van der Waals surface area contributed by atoms with E-state index in [-0.39, 0.29) is 0 Å². The number of aryl methyl sites for hydroxylation is 2. The zero-order chi connectivity index (χ0) is 17.4. The predicted octanol–water partition coefficient (Wildman–Crippen LogP) is 5.90. The van der Waals surface area contributed by atoms with E-state index < -0.39 is 0 Å². The molecule has 4 rings (SSSR count). The molecule has 2 nitrogen and oxygen atoms in total. The van der Waals surface area contributed by atoms with Gasteiger partial charge in [-0.15, -0.1) is 0 Å². The second-order valence-corrected chi connectivity index (χ2v) is 7.70. The first-order chi connectivity index (χ1) is 12.1. The highest BCUT2D eigenvalue weighted by Crippen LogP contribution is 2.36. The van der Waals surface area contributed by atoms with Crippen molar-refractivity contribution >= 4 is 10.9 Å². The van der Waals surface area contributed by atoms with Crippen LogP contribution in [0.15, 0.2) is 48.5 Å². The van der Waals surface area contributed by atoms with E-state index in [4.69, 9.17) is 0 Å². The second-order valence-electron chi connectivity index (χ2n) is 7.70. The molecule has 3 aromatic rings. The Morgan fingerprint density at radius 3 is 2.64 bits per heavy atom. The van der Waals surface area contributed by atoms with Gasteiger partial charge in [-0.1, -0.05) is 36.4 Å².